The number of hydrogen-bond donors (Lipinski definition) is 0. The molecule has 2 aromatic carbocycles. The van der Waals surface area contributed by atoms with Crippen LogP contribution >= 0.6 is 0 Å². The average Bonchev–Trinajstić information content (AvgIpc) is 3.02. The van der Waals surface area contributed by atoms with Gasteiger partial charge < -0.3 is 9.64 Å². The third kappa shape index (κ3) is 4.52. The molecule has 1 fully saturated rings. The highest BCUT2D eigenvalue weighted by atomic mass is 16.5. The summed E-state index contributed by atoms with van der Waals surface area (Å²) in [7, 11) is 3.41. The van der Waals surface area contributed by atoms with E-state index in [9.17, 15) is 14.4 Å². The predicted octanol–water partition coefficient (Wildman–Crippen LogP) is 3.43. The Bertz CT molecular complexity index is 828. The van der Waals surface area contributed by atoms with Gasteiger partial charge in [-0.2, -0.15) is 0 Å². The van der Waals surface area contributed by atoms with Gasteiger partial charge in [0.05, 0.1) is 0 Å². The smallest absolute Gasteiger partial charge is 0.334 e. The number of imide groups is 1. The Morgan fingerprint density at radius 3 is 2.23 bits per heavy atom. The van der Waals surface area contributed by atoms with E-state index in [4.69, 9.17) is 4.74 Å². The fourth-order valence-corrected chi connectivity index (χ4v) is 3.45. The van der Waals surface area contributed by atoms with Gasteiger partial charge in [-0.15, -0.1) is 0 Å². The van der Waals surface area contributed by atoms with Crippen molar-refractivity contribution < 1.29 is 19.1 Å². The molecule has 30 heavy (non-hydrogen) atoms. The van der Waals surface area contributed by atoms with Crippen LogP contribution < -0.4 is 4.90 Å². The first-order valence-corrected chi connectivity index (χ1v) is 10.00. The van der Waals surface area contributed by atoms with E-state index in [1.807, 2.05) is 60.7 Å². The summed E-state index contributed by atoms with van der Waals surface area (Å²) in [5.41, 5.74) is 1.39. The zero-order valence-electron chi connectivity index (χ0n) is 17.5. The number of carbonyl (C=O) groups is 3. The van der Waals surface area contributed by atoms with Crippen LogP contribution in [-0.2, 0) is 14.3 Å². The van der Waals surface area contributed by atoms with E-state index in [0.717, 1.165) is 5.56 Å². The van der Waals surface area contributed by atoms with Crippen LogP contribution in [0.4, 0.5) is 10.5 Å². The van der Waals surface area contributed by atoms with Crippen LogP contribution in [0.15, 0.2) is 60.7 Å². The molecule has 2 unspecified atom stereocenters. The molecule has 0 aromatic heterocycles. The third-order valence-corrected chi connectivity index (χ3v) is 5.05. The Balaban J connectivity index is 1.78. The van der Waals surface area contributed by atoms with Crippen molar-refractivity contribution in [2.24, 2.45) is 0 Å². The van der Waals surface area contributed by atoms with Crippen molar-refractivity contribution in [3.63, 3.8) is 0 Å². The van der Waals surface area contributed by atoms with Gasteiger partial charge in [-0.1, -0.05) is 48.5 Å². The maximum absolute atomic E-state index is 13.3. The summed E-state index contributed by atoms with van der Waals surface area (Å²) in [5, 5.41) is 0. The highest BCUT2D eigenvalue weighted by Gasteiger charge is 2.48. The lowest BCUT2D eigenvalue weighted by molar-refractivity contribution is -0.137. The zero-order valence-corrected chi connectivity index (χ0v) is 17.5. The lowest BCUT2D eigenvalue weighted by Gasteiger charge is -2.23. The fraction of sp³-hybridized carbons (Fsp3) is 0.348. The summed E-state index contributed by atoms with van der Waals surface area (Å²) in [6.45, 7) is 1.96. The van der Waals surface area contributed by atoms with Gasteiger partial charge in [0.1, 0.15) is 12.3 Å². The monoisotopic (exact) mass is 409 g/mol. The first-order chi connectivity index (χ1) is 14.4. The minimum Gasteiger partial charge on any atom is -0.358 e. The topological polar surface area (TPSA) is 70.2 Å². The van der Waals surface area contributed by atoms with Gasteiger partial charge in [-0.25, -0.2) is 9.69 Å². The largest absolute Gasteiger partial charge is 0.358 e. The molecule has 0 bridgehead atoms. The van der Waals surface area contributed by atoms with Crippen LogP contribution in [0.25, 0.3) is 0 Å². The van der Waals surface area contributed by atoms with Gasteiger partial charge >= 0.3 is 6.03 Å². The molecule has 0 saturated carbocycles. The molecule has 2 atom stereocenters. The highest BCUT2D eigenvalue weighted by molar-refractivity contribution is 6.14. The number of benzene rings is 2. The summed E-state index contributed by atoms with van der Waals surface area (Å²) >= 11 is 0. The van der Waals surface area contributed by atoms with E-state index in [1.54, 1.807) is 21.0 Å². The number of carbonyl (C=O) groups excluding carboxylic acids is 3. The van der Waals surface area contributed by atoms with E-state index in [0.29, 0.717) is 18.5 Å². The van der Waals surface area contributed by atoms with E-state index < -0.39 is 18.3 Å². The quantitative estimate of drug-likeness (QED) is 0.495. The zero-order chi connectivity index (χ0) is 21.7. The van der Waals surface area contributed by atoms with E-state index in [2.05, 4.69) is 0 Å². The van der Waals surface area contributed by atoms with Crippen molar-refractivity contribution in [1.29, 1.82) is 0 Å². The second-order valence-corrected chi connectivity index (χ2v) is 7.37. The van der Waals surface area contributed by atoms with Crippen LogP contribution in [0.3, 0.4) is 0 Å². The number of amides is 4. The SMILES string of the molecule is CC(OCCCC(=O)N(C)C)N1C(=O)C(c2ccccc2)N(c2ccccc2)C1=O. The molecular weight excluding hydrogens is 382 g/mol. The molecule has 1 aliphatic heterocycles. The summed E-state index contributed by atoms with van der Waals surface area (Å²) in [6, 6.07) is 17.2. The maximum atomic E-state index is 13.3. The van der Waals surface area contributed by atoms with Gasteiger partial charge in [0, 0.05) is 32.8 Å². The molecule has 7 heteroatoms. The van der Waals surface area contributed by atoms with Gasteiger partial charge in [-0.3, -0.25) is 14.5 Å². The molecule has 3 rings (SSSR count). The van der Waals surface area contributed by atoms with Crippen molar-refractivity contribution in [2.75, 3.05) is 25.6 Å². The van der Waals surface area contributed by atoms with Crippen LogP contribution in [0, 0.1) is 0 Å². The summed E-state index contributed by atoms with van der Waals surface area (Å²) < 4.78 is 5.75. The van der Waals surface area contributed by atoms with Gasteiger partial charge in [0.2, 0.25) is 5.91 Å². The molecule has 1 heterocycles. The first kappa shape index (κ1) is 21.5. The maximum Gasteiger partial charge on any atom is 0.334 e. The number of nitrogens with zero attached hydrogens (tertiary/aromatic N) is 3. The molecule has 2 aromatic rings. The van der Waals surface area contributed by atoms with Gasteiger partial charge in [-0.05, 0) is 31.0 Å². The normalized spacial score (nSPS) is 17.4. The molecule has 7 nitrogen and oxygen atoms in total. The van der Waals surface area contributed by atoms with Gasteiger partial charge in [0.25, 0.3) is 5.91 Å². The molecular formula is C23H27N3O4. The van der Waals surface area contributed by atoms with Gasteiger partial charge in [0.15, 0.2) is 0 Å². The van der Waals surface area contributed by atoms with Crippen LogP contribution in [0.5, 0.6) is 0 Å². The predicted molar refractivity (Wildman–Crippen MR) is 114 cm³/mol. The summed E-state index contributed by atoms with van der Waals surface area (Å²) in [6.07, 6.45) is 0.131. The molecule has 0 aliphatic carbocycles. The molecule has 0 radical (unpaired) electrons. The minimum atomic E-state index is -0.748. The number of ether oxygens (including phenoxy) is 1. The van der Waals surface area contributed by atoms with E-state index in [1.165, 1.54) is 14.7 Å². The number of rotatable bonds is 8. The number of anilines is 1. The molecule has 0 spiro atoms. The van der Waals surface area contributed by atoms with Crippen LogP contribution in [0.1, 0.15) is 31.4 Å². The molecule has 1 aliphatic rings. The number of para-hydroxylation sites is 1. The van der Waals surface area contributed by atoms with E-state index >= 15 is 0 Å². The van der Waals surface area contributed by atoms with Crippen molar-refractivity contribution in [3.05, 3.63) is 66.2 Å². The molecule has 158 valence electrons. The molecule has 1 saturated heterocycles. The third-order valence-electron chi connectivity index (χ3n) is 5.05. The Kier molecular flexibility index (Phi) is 6.84. The Morgan fingerprint density at radius 1 is 1.03 bits per heavy atom. The first-order valence-electron chi connectivity index (χ1n) is 10.00. The average molecular weight is 409 g/mol. The van der Waals surface area contributed by atoms with Crippen LogP contribution in [-0.4, -0.2) is 54.6 Å². The van der Waals surface area contributed by atoms with Crippen molar-refractivity contribution >= 4 is 23.5 Å². The Morgan fingerprint density at radius 2 is 1.63 bits per heavy atom. The second-order valence-electron chi connectivity index (χ2n) is 7.37. The summed E-state index contributed by atoms with van der Waals surface area (Å²) in [5.74, 6) is -0.314. The number of urea groups is 1. The van der Waals surface area contributed by atoms with Crippen molar-refractivity contribution in [1.82, 2.24) is 9.80 Å². The Labute approximate surface area is 176 Å². The van der Waals surface area contributed by atoms with Crippen molar-refractivity contribution in [3.8, 4) is 0 Å². The fourth-order valence-electron chi connectivity index (χ4n) is 3.45. The number of hydrogen-bond acceptors (Lipinski definition) is 4. The van der Waals surface area contributed by atoms with E-state index in [-0.39, 0.29) is 18.4 Å². The van der Waals surface area contributed by atoms with Crippen molar-refractivity contribution in [2.45, 2.75) is 32.0 Å². The molecule has 0 N–H and O–H groups in total. The van der Waals surface area contributed by atoms with Crippen LogP contribution in [0.2, 0.25) is 0 Å². The second kappa shape index (κ2) is 9.54. The lowest BCUT2D eigenvalue weighted by Crippen LogP contribution is -2.41. The summed E-state index contributed by atoms with van der Waals surface area (Å²) in [4.78, 5) is 42.4. The lowest BCUT2D eigenvalue weighted by atomic mass is 10.1. The Hall–Kier alpha value is -3.19. The minimum absolute atomic E-state index is 0.0129. The molecule has 4 amide bonds. The highest BCUT2D eigenvalue weighted by Crippen LogP contribution is 2.36. The standard InChI is InChI=1S/C23H27N3O4/c1-17(30-16-10-15-20(27)24(2)3)25-22(28)21(18-11-6-4-7-12-18)26(23(25)29)19-13-8-5-9-14-19/h4-9,11-14,17,21H,10,15-16H2,1-3H3.